The smallest absolute Gasteiger partial charge is 0.288 e. The largest absolute Gasteiger partial charge is 0.344 e. The lowest BCUT2D eigenvalue weighted by molar-refractivity contribution is 0.0813. The van der Waals surface area contributed by atoms with Crippen molar-refractivity contribution in [2.75, 3.05) is 0 Å². The summed E-state index contributed by atoms with van der Waals surface area (Å²) in [5.74, 6) is 3.13. The first kappa shape index (κ1) is 14.6. The number of carbonyl (C=O) groups is 1. The third-order valence-corrected chi connectivity index (χ3v) is 6.82. The van der Waals surface area contributed by atoms with E-state index in [4.69, 9.17) is 0 Å². The lowest BCUT2D eigenvalue weighted by Crippen LogP contribution is -2.52. The summed E-state index contributed by atoms with van der Waals surface area (Å²) in [6, 6.07) is 5.98. The molecule has 4 unspecified atom stereocenters. The van der Waals surface area contributed by atoms with Crippen LogP contribution in [0, 0.1) is 17.8 Å². The van der Waals surface area contributed by atoms with Crippen LogP contribution < -0.4 is 10.9 Å². The Bertz CT molecular complexity index is 816. The van der Waals surface area contributed by atoms with Crippen LogP contribution in [0.4, 0.5) is 0 Å². The summed E-state index contributed by atoms with van der Waals surface area (Å²) in [4.78, 5) is 17.6. The first-order chi connectivity index (χ1) is 11.6. The molecular formula is C19H24BN3O. The summed E-state index contributed by atoms with van der Waals surface area (Å²) in [5, 5.41) is 3.46. The number of carbonyl (C=O) groups excluding carboxylic acids is 1. The van der Waals surface area contributed by atoms with Gasteiger partial charge in [-0.3, -0.25) is 9.20 Å². The molecule has 3 aliphatic rings. The molecule has 2 aromatic rings. The van der Waals surface area contributed by atoms with Gasteiger partial charge < -0.3 is 5.32 Å². The van der Waals surface area contributed by atoms with Crippen LogP contribution in [0.15, 0.2) is 24.4 Å². The average molecular weight is 321 g/mol. The summed E-state index contributed by atoms with van der Waals surface area (Å²) in [6.07, 6.45) is 10.9. The van der Waals surface area contributed by atoms with Gasteiger partial charge in [0.2, 0.25) is 5.82 Å². The molecule has 0 radical (unpaired) electrons. The SMILES string of the molecule is Bc1nc(C(=O)NC23CCCC4CC(CC4C2)C3)n2ccccc12. The molecular weight excluding hydrogens is 297 g/mol. The molecule has 3 aliphatic carbocycles. The molecule has 5 rings (SSSR count). The number of rotatable bonds is 2. The zero-order valence-corrected chi connectivity index (χ0v) is 14.3. The molecule has 124 valence electrons. The van der Waals surface area contributed by atoms with Crippen molar-refractivity contribution in [3.8, 4) is 0 Å². The second kappa shape index (κ2) is 5.11. The van der Waals surface area contributed by atoms with Crippen molar-refractivity contribution in [1.82, 2.24) is 14.7 Å². The van der Waals surface area contributed by atoms with Gasteiger partial charge in [0.25, 0.3) is 5.91 Å². The van der Waals surface area contributed by atoms with Gasteiger partial charge in [-0.1, -0.05) is 18.9 Å². The van der Waals surface area contributed by atoms with Crippen LogP contribution in [0.25, 0.3) is 5.52 Å². The number of hydrogen-bond donors (Lipinski definition) is 1. The Morgan fingerprint density at radius 2 is 2.17 bits per heavy atom. The second-order valence-electron chi connectivity index (χ2n) is 8.37. The van der Waals surface area contributed by atoms with E-state index in [-0.39, 0.29) is 11.4 Å². The maximum absolute atomic E-state index is 13.1. The summed E-state index contributed by atoms with van der Waals surface area (Å²) in [5.41, 5.74) is 1.96. The molecule has 2 aromatic heterocycles. The van der Waals surface area contributed by atoms with Crippen LogP contribution in [0.5, 0.6) is 0 Å². The summed E-state index contributed by atoms with van der Waals surface area (Å²) < 4.78 is 1.93. The number of hydrogen-bond acceptors (Lipinski definition) is 2. The van der Waals surface area contributed by atoms with Crippen LogP contribution in [0.2, 0.25) is 0 Å². The zero-order chi connectivity index (χ0) is 16.3. The minimum atomic E-state index is 0.00375. The molecule has 0 aromatic carbocycles. The van der Waals surface area contributed by atoms with E-state index in [0.717, 1.165) is 35.3 Å². The summed E-state index contributed by atoms with van der Waals surface area (Å²) in [6.45, 7) is 0. The molecule has 1 N–H and O–H groups in total. The van der Waals surface area contributed by atoms with Crippen LogP contribution in [-0.4, -0.2) is 28.7 Å². The van der Waals surface area contributed by atoms with E-state index in [1.165, 1.54) is 38.5 Å². The monoisotopic (exact) mass is 321 g/mol. The number of fused-ring (bicyclic) bond motifs is 3. The first-order valence-corrected chi connectivity index (χ1v) is 9.40. The highest BCUT2D eigenvalue weighted by atomic mass is 16.2. The lowest BCUT2D eigenvalue weighted by atomic mass is 9.73. The molecule has 0 aliphatic heterocycles. The fourth-order valence-electron chi connectivity index (χ4n) is 5.97. The Hall–Kier alpha value is -1.78. The van der Waals surface area contributed by atoms with Gasteiger partial charge in [0, 0.05) is 17.3 Å². The summed E-state index contributed by atoms with van der Waals surface area (Å²) in [7, 11) is 1.97. The van der Waals surface area contributed by atoms with Crippen molar-refractivity contribution in [2.45, 2.75) is 50.5 Å². The molecule has 4 atom stereocenters. The van der Waals surface area contributed by atoms with Crippen molar-refractivity contribution < 1.29 is 4.79 Å². The van der Waals surface area contributed by atoms with Crippen LogP contribution in [0.3, 0.4) is 0 Å². The zero-order valence-electron chi connectivity index (χ0n) is 14.3. The van der Waals surface area contributed by atoms with E-state index in [1.807, 2.05) is 36.6 Å². The molecule has 4 nitrogen and oxygen atoms in total. The third-order valence-electron chi connectivity index (χ3n) is 6.82. The summed E-state index contributed by atoms with van der Waals surface area (Å²) >= 11 is 0. The van der Waals surface area contributed by atoms with Crippen molar-refractivity contribution in [2.24, 2.45) is 17.8 Å². The highest BCUT2D eigenvalue weighted by molar-refractivity contribution is 6.35. The number of aromatic nitrogens is 2. The van der Waals surface area contributed by atoms with Crippen LogP contribution in [-0.2, 0) is 0 Å². The van der Waals surface area contributed by atoms with Gasteiger partial charge >= 0.3 is 0 Å². The van der Waals surface area contributed by atoms with E-state index >= 15 is 0 Å². The fraction of sp³-hybridized carbons (Fsp3) is 0.579. The minimum absolute atomic E-state index is 0.00375. The van der Waals surface area contributed by atoms with E-state index in [0.29, 0.717) is 5.82 Å². The number of nitrogens with one attached hydrogen (secondary N) is 1. The quantitative estimate of drug-likeness (QED) is 0.856. The van der Waals surface area contributed by atoms with Gasteiger partial charge in [0.15, 0.2) is 7.85 Å². The Labute approximate surface area is 143 Å². The standard InChI is InChI=1S/C19H24BN3O/c20-16-15-5-1-2-7-23(15)17(21-16)18(24)22-19-6-3-4-13-8-12(10-19)9-14(13)11-19/h1-2,5,7,12-14H,3-4,6,8-11,20H2,(H,22,24). The van der Waals surface area contributed by atoms with E-state index in [9.17, 15) is 4.79 Å². The molecule has 1 amide bonds. The first-order valence-electron chi connectivity index (χ1n) is 9.40. The van der Waals surface area contributed by atoms with Gasteiger partial charge in [0.1, 0.15) is 0 Å². The predicted octanol–water partition coefficient (Wildman–Crippen LogP) is 1.68. The van der Waals surface area contributed by atoms with Crippen molar-refractivity contribution in [1.29, 1.82) is 0 Å². The number of imidazole rings is 1. The van der Waals surface area contributed by atoms with E-state index in [2.05, 4.69) is 10.3 Å². The van der Waals surface area contributed by atoms with Crippen LogP contribution >= 0.6 is 0 Å². The van der Waals surface area contributed by atoms with Gasteiger partial charge in [-0.15, -0.1) is 0 Å². The lowest BCUT2D eigenvalue weighted by Gasteiger charge is -2.40. The average Bonchev–Trinajstić information content (AvgIpc) is 3.01. The molecule has 24 heavy (non-hydrogen) atoms. The van der Waals surface area contributed by atoms with Gasteiger partial charge in [-0.25, -0.2) is 4.98 Å². The van der Waals surface area contributed by atoms with Crippen molar-refractivity contribution >= 4 is 24.9 Å². The Kier molecular flexibility index (Phi) is 3.10. The molecule has 3 bridgehead atoms. The normalized spacial score (nSPS) is 34.4. The maximum atomic E-state index is 13.1. The third kappa shape index (κ3) is 2.13. The number of amides is 1. The topological polar surface area (TPSA) is 46.4 Å². The maximum Gasteiger partial charge on any atom is 0.288 e. The fourth-order valence-corrected chi connectivity index (χ4v) is 5.97. The van der Waals surface area contributed by atoms with E-state index < -0.39 is 0 Å². The predicted molar refractivity (Wildman–Crippen MR) is 96.4 cm³/mol. The molecule has 0 spiro atoms. The highest BCUT2D eigenvalue weighted by Gasteiger charge is 2.50. The second-order valence-corrected chi connectivity index (χ2v) is 8.37. The Morgan fingerprint density at radius 3 is 3.08 bits per heavy atom. The molecule has 3 saturated carbocycles. The Morgan fingerprint density at radius 1 is 1.29 bits per heavy atom. The number of nitrogens with zero attached hydrogens (tertiary/aromatic N) is 2. The van der Waals surface area contributed by atoms with Gasteiger partial charge in [-0.2, -0.15) is 0 Å². The van der Waals surface area contributed by atoms with E-state index in [1.54, 1.807) is 0 Å². The van der Waals surface area contributed by atoms with Gasteiger partial charge in [-0.05, 0) is 62.0 Å². The molecule has 3 fully saturated rings. The van der Waals surface area contributed by atoms with Gasteiger partial charge in [0.05, 0.1) is 5.52 Å². The van der Waals surface area contributed by atoms with Crippen LogP contribution in [0.1, 0.15) is 55.6 Å². The molecule has 5 heteroatoms. The molecule has 0 saturated heterocycles. The highest BCUT2D eigenvalue weighted by Crippen LogP contribution is 2.55. The number of pyridine rings is 1. The molecule has 2 heterocycles. The van der Waals surface area contributed by atoms with Crippen molar-refractivity contribution in [3.63, 3.8) is 0 Å². The minimum Gasteiger partial charge on any atom is -0.344 e. The Balaban J connectivity index is 1.47. The van der Waals surface area contributed by atoms with Crippen molar-refractivity contribution in [3.05, 3.63) is 30.2 Å².